The number of ether oxygens (including phenoxy) is 1. The molecule has 1 aromatic carbocycles. The molecule has 1 heterocycles. The quantitative estimate of drug-likeness (QED) is 0.841. The van der Waals surface area contributed by atoms with Crippen LogP contribution >= 0.6 is 0 Å². The number of hydrogen-bond acceptors (Lipinski definition) is 3. The van der Waals surface area contributed by atoms with Crippen molar-refractivity contribution in [2.24, 2.45) is 5.92 Å². The summed E-state index contributed by atoms with van der Waals surface area (Å²) in [5.74, 6) is 1.60. The van der Waals surface area contributed by atoms with Crippen LogP contribution in [-0.4, -0.2) is 25.1 Å². The van der Waals surface area contributed by atoms with Crippen LogP contribution in [-0.2, 0) is 4.79 Å². The number of hydrogen-bond donors (Lipinski definition) is 2. The third-order valence-corrected chi connectivity index (χ3v) is 5.00. The summed E-state index contributed by atoms with van der Waals surface area (Å²) < 4.78 is 6.08. The molecule has 1 amide bonds. The first kappa shape index (κ1) is 16.3. The molecule has 4 nitrogen and oxygen atoms in total. The summed E-state index contributed by atoms with van der Waals surface area (Å²) in [7, 11) is 0. The number of piperidine rings is 1. The van der Waals surface area contributed by atoms with Gasteiger partial charge in [-0.2, -0.15) is 0 Å². The second-order valence-corrected chi connectivity index (χ2v) is 6.80. The van der Waals surface area contributed by atoms with E-state index < -0.39 is 0 Å². The molecule has 0 unspecified atom stereocenters. The van der Waals surface area contributed by atoms with Crippen LogP contribution in [0, 0.1) is 5.92 Å². The zero-order valence-corrected chi connectivity index (χ0v) is 13.9. The van der Waals surface area contributed by atoms with Gasteiger partial charge in [-0.3, -0.25) is 4.79 Å². The summed E-state index contributed by atoms with van der Waals surface area (Å²) in [4.78, 5) is 12.3. The van der Waals surface area contributed by atoms with Gasteiger partial charge in [0.05, 0.1) is 11.8 Å². The Kier molecular flexibility index (Phi) is 5.92. The molecule has 2 N–H and O–H groups in total. The Morgan fingerprint density at radius 2 is 1.87 bits per heavy atom. The van der Waals surface area contributed by atoms with Gasteiger partial charge in [-0.05, 0) is 76.1 Å². The van der Waals surface area contributed by atoms with Crippen molar-refractivity contribution >= 4 is 11.6 Å². The smallest absolute Gasteiger partial charge is 0.224 e. The first-order chi connectivity index (χ1) is 11.3. The van der Waals surface area contributed by atoms with Crippen molar-refractivity contribution in [3.8, 4) is 5.75 Å². The van der Waals surface area contributed by atoms with Crippen molar-refractivity contribution in [2.75, 3.05) is 18.4 Å². The molecule has 0 radical (unpaired) electrons. The first-order valence-corrected chi connectivity index (χ1v) is 9.07. The number of carbonyl (C=O) groups is 1. The Labute approximate surface area is 139 Å². The highest BCUT2D eigenvalue weighted by molar-refractivity contribution is 5.92. The standard InChI is InChI=1S/C19H28N2O2/c22-19(10-9-15-11-13-20-14-12-15)21-17-7-3-4-8-18(17)23-16-5-1-2-6-16/h3-4,7-8,15-16,20H,1-2,5-6,9-14H2,(H,21,22). The van der Waals surface area contributed by atoms with Crippen LogP contribution < -0.4 is 15.4 Å². The lowest BCUT2D eigenvalue weighted by Crippen LogP contribution is -2.28. The highest BCUT2D eigenvalue weighted by Crippen LogP contribution is 2.30. The van der Waals surface area contributed by atoms with E-state index in [0.29, 0.717) is 18.4 Å². The molecular weight excluding hydrogens is 288 g/mol. The summed E-state index contributed by atoms with van der Waals surface area (Å²) in [5.41, 5.74) is 0.815. The van der Waals surface area contributed by atoms with Crippen LogP contribution in [0.5, 0.6) is 5.75 Å². The van der Waals surface area contributed by atoms with Crippen molar-refractivity contribution in [1.29, 1.82) is 0 Å². The van der Waals surface area contributed by atoms with Crippen molar-refractivity contribution < 1.29 is 9.53 Å². The van der Waals surface area contributed by atoms with Crippen molar-refractivity contribution in [1.82, 2.24) is 5.32 Å². The van der Waals surface area contributed by atoms with Crippen LogP contribution in [0.1, 0.15) is 51.4 Å². The van der Waals surface area contributed by atoms with Gasteiger partial charge in [0.25, 0.3) is 0 Å². The number of rotatable bonds is 6. The third-order valence-electron chi connectivity index (χ3n) is 5.00. The lowest BCUT2D eigenvalue weighted by atomic mass is 9.93. The number of para-hydroxylation sites is 2. The Morgan fingerprint density at radius 1 is 1.13 bits per heavy atom. The molecule has 1 saturated heterocycles. The maximum absolute atomic E-state index is 12.3. The van der Waals surface area contributed by atoms with Crippen molar-refractivity contribution in [3.63, 3.8) is 0 Å². The van der Waals surface area contributed by atoms with E-state index in [0.717, 1.165) is 43.8 Å². The Bertz CT molecular complexity index is 506. The van der Waals surface area contributed by atoms with Crippen molar-refractivity contribution in [3.05, 3.63) is 24.3 Å². The van der Waals surface area contributed by atoms with E-state index in [4.69, 9.17) is 4.74 Å². The molecule has 1 saturated carbocycles. The topological polar surface area (TPSA) is 50.4 Å². The highest BCUT2D eigenvalue weighted by atomic mass is 16.5. The first-order valence-electron chi connectivity index (χ1n) is 9.07. The molecule has 1 aliphatic heterocycles. The van der Waals surface area contributed by atoms with Gasteiger partial charge < -0.3 is 15.4 Å². The third kappa shape index (κ3) is 4.96. The molecule has 23 heavy (non-hydrogen) atoms. The summed E-state index contributed by atoms with van der Waals surface area (Å²) in [6.45, 7) is 2.18. The zero-order valence-electron chi connectivity index (χ0n) is 13.9. The second kappa shape index (κ2) is 8.34. The van der Waals surface area contributed by atoms with Crippen LogP contribution in [0.15, 0.2) is 24.3 Å². The summed E-state index contributed by atoms with van der Waals surface area (Å²) >= 11 is 0. The van der Waals surface area contributed by atoms with E-state index in [1.807, 2.05) is 24.3 Å². The Balaban J connectivity index is 1.50. The van der Waals surface area contributed by atoms with E-state index in [9.17, 15) is 4.79 Å². The normalized spacial score (nSPS) is 19.7. The van der Waals surface area contributed by atoms with Gasteiger partial charge in [0.15, 0.2) is 0 Å². The maximum atomic E-state index is 12.3. The molecule has 1 aliphatic carbocycles. The molecule has 126 valence electrons. The summed E-state index contributed by atoms with van der Waals surface area (Å²) in [6, 6.07) is 7.81. The van der Waals surface area contributed by atoms with Crippen LogP contribution in [0.3, 0.4) is 0 Å². The van der Waals surface area contributed by atoms with E-state index in [-0.39, 0.29) is 5.91 Å². The largest absolute Gasteiger partial charge is 0.488 e. The Hall–Kier alpha value is -1.55. The maximum Gasteiger partial charge on any atom is 0.224 e. The molecule has 1 aromatic rings. The van der Waals surface area contributed by atoms with Crippen LogP contribution in [0.4, 0.5) is 5.69 Å². The average molecular weight is 316 g/mol. The molecule has 2 fully saturated rings. The van der Waals surface area contributed by atoms with Gasteiger partial charge >= 0.3 is 0 Å². The molecule has 3 rings (SSSR count). The number of amides is 1. The lowest BCUT2D eigenvalue weighted by Gasteiger charge is -2.22. The van der Waals surface area contributed by atoms with Gasteiger partial charge in [0.2, 0.25) is 5.91 Å². The van der Waals surface area contributed by atoms with Gasteiger partial charge in [-0.25, -0.2) is 0 Å². The van der Waals surface area contributed by atoms with Gasteiger partial charge in [0.1, 0.15) is 5.75 Å². The number of anilines is 1. The molecule has 0 aromatic heterocycles. The predicted octanol–water partition coefficient (Wildman–Crippen LogP) is 3.73. The fourth-order valence-electron chi connectivity index (χ4n) is 3.58. The highest BCUT2D eigenvalue weighted by Gasteiger charge is 2.19. The number of nitrogens with one attached hydrogen (secondary N) is 2. The molecule has 2 aliphatic rings. The molecule has 0 atom stereocenters. The summed E-state index contributed by atoms with van der Waals surface area (Å²) in [5, 5.41) is 6.41. The fraction of sp³-hybridized carbons (Fsp3) is 0.632. The number of carbonyl (C=O) groups excluding carboxylic acids is 1. The molecule has 0 bridgehead atoms. The van der Waals surface area contributed by atoms with Crippen LogP contribution in [0.2, 0.25) is 0 Å². The monoisotopic (exact) mass is 316 g/mol. The van der Waals surface area contributed by atoms with Gasteiger partial charge in [-0.15, -0.1) is 0 Å². The SMILES string of the molecule is O=C(CCC1CCNCC1)Nc1ccccc1OC1CCCC1. The minimum atomic E-state index is 0.103. The molecule has 0 spiro atoms. The predicted molar refractivity (Wildman–Crippen MR) is 92.8 cm³/mol. The summed E-state index contributed by atoms with van der Waals surface area (Å²) in [6.07, 6.45) is 9.01. The minimum Gasteiger partial charge on any atom is -0.488 e. The second-order valence-electron chi connectivity index (χ2n) is 6.80. The zero-order chi connectivity index (χ0) is 15.9. The fourth-order valence-corrected chi connectivity index (χ4v) is 3.58. The van der Waals surface area contributed by atoms with E-state index in [1.54, 1.807) is 0 Å². The average Bonchev–Trinajstić information content (AvgIpc) is 3.09. The molecular formula is C19H28N2O2. The van der Waals surface area contributed by atoms with E-state index in [1.165, 1.54) is 25.7 Å². The van der Waals surface area contributed by atoms with E-state index >= 15 is 0 Å². The lowest BCUT2D eigenvalue weighted by molar-refractivity contribution is -0.116. The Morgan fingerprint density at radius 3 is 2.65 bits per heavy atom. The number of benzene rings is 1. The van der Waals surface area contributed by atoms with Crippen LogP contribution in [0.25, 0.3) is 0 Å². The van der Waals surface area contributed by atoms with E-state index in [2.05, 4.69) is 10.6 Å². The molecule has 4 heteroatoms. The van der Waals surface area contributed by atoms with Crippen molar-refractivity contribution in [2.45, 2.75) is 57.5 Å². The minimum absolute atomic E-state index is 0.103. The van der Waals surface area contributed by atoms with Gasteiger partial charge in [0, 0.05) is 6.42 Å². The van der Waals surface area contributed by atoms with Gasteiger partial charge in [-0.1, -0.05) is 12.1 Å².